The molecule has 1 rings (SSSR count). The van der Waals surface area contributed by atoms with Crippen molar-refractivity contribution >= 4 is 11.9 Å². The summed E-state index contributed by atoms with van der Waals surface area (Å²) in [4.78, 5) is 21.8. The lowest BCUT2D eigenvalue weighted by molar-refractivity contribution is -0.151. The van der Waals surface area contributed by atoms with E-state index in [9.17, 15) is 23.5 Å². The van der Waals surface area contributed by atoms with Gasteiger partial charge in [-0.15, -0.1) is 0 Å². The van der Waals surface area contributed by atoms with Crippen molar-refractivity contribution in [1.29, 1.82) is 0 Å². The average molecular weight is 248 g/mol. The molecule has 0 aromatic rings. The first-order chi connectivity index (χ1) is 7.70. The van der Waals surface area contributed by atoms with Gasteiger partial charge in [0.15, 0.2) is 0 Å². The molecular formula is C10H10F2O5. The highest BCUT2D eigenvalue weighted by molar-refractivity contribution is 5.91. The van der Waals surface area contributed by atoms with E-state index in [1.807, 2.05) is 0 Å². The molecule has 94 valence electrons. The van der Waals surface area contributed by atoms with Crippen molar-refractivity contribution in [3.8, 4) is 0 Å². The zero-order chi connectivity index (χ0) is 13.4. The number of hydrogen-bond acceptors (Lipinski definition) is 3. The van der Waals surface area contributed by atoms with Crippen LogP contribution in [0, 0.1) is 11.3 Å². The van der Waals surface area contributed by atoms with Crippen molar-refractivity contribution in [2.75, 3.05) is 0 Å². The minimum Gasteiger partial charge on any atom is -0.508 e. The molecule has 0 saturated carbocycles. The highest BCUT2D eigenvalue weighted by Gasteiger charge is 2.50. The average Bonchev–Trinajstić information content (AvgIpc) is 2.14. The van der Waals surface area contributed by atoms with Crippen LogP contribution in [0.15, 0.2) is 23.5 Å². The SMILES string of the molecule is CC1(C(=O)O)C=C(O)C=C(C(=O)O)C1C(F)F. The molecular weight excluding hydrogens is 238 g/mol. The summed E-state index contributed by atoms with van der Waals surface area (Å²) in [5, 5.41) is 26.9. The third-order valence-corrected chi connectivity index (χ3v) is 2.69. The third-order valence-electron chi connectivity index (χ3n) is 2.69. The van der Waals surface area contributed by atoms with E-state index in [4.69, 9.17) is 10.2 Å². The first-order valence-electron chi connectivity index (χ1n) is 4.58. The summed E-state index contributed by atoms with van der Waals surface area (Å²) < 4.78 is 25.7. The van der Waals surface area contributed by atoms with Gasteiger partial charge in [-0.1, -0.05) is 0 Å². The maximum atomic E-state index is 12.8. The maximum absolute atomic E-state index is 12.8. The van der Waals surface area contributed by atoms with Gasteiger partial charge in [0, 0.05) is 0 Å². The summed E-state index contributed by atoms with van der Waals surface area (Å²) in [5.74, 6) is -5.96. The molecule has 0 fully saturated rings. The Morgan fingerprint density at radius 1 is 1.41 bits per heavy atom. The van der Waals surface area contributed by atoms with Crippen molar-refractivity contribution in [3.05, 3.63) is 23.5 Å². The van der Waals surface area contributed by atoms with Gasteiger partial charge in [-0.2, -0.15) is 0 Å². The van der Waals surface area contributed by atoms with Crippen LogP contribution in [0.2, 0.25) is 0 Å². The van der Waals surface area contributed by atoms with E-state index in [1.54, 1.807) is 0 Å². The van der Waals surface area contributed by atoms with E-state index in [1.165, 1.54) is 0 Å². The zero-order valence-corrected chi connectivity index (χ0v) is 8.72. The fourth-order valence-corrected chi connectivity index (χ4v) is 1.80. The maximum Gasteiger partial charge on any atom is 0.332 e. The lowest BCUT2D eigenvalue weighted by Gasteiger charge is -2.33. The molecule has 1 aliphatic rings. The minimum absolute atomic E-state index is 0.643. The Balaban J connectivity index is 3.39. The van der Waals surface area contributed by atoms with Gasteiger partial charge in [0.2, 0.25) is 6.43 Å². The number of allylic oxidation sites excluding steroid dienone is 1. The quantitative estimate of drug-likeness (QED) is 0.702. The molecule has 0 saturated heterocycles. The van der Waals surface area contributed by atoms with Gasteiger partial charge < -0.3 is 15.3 Å². The number of aliphatic carboxylic acids is 2. The second-order valence-electron chi connectivity index (χ2n) is 3.87. The summed E-state index contributed by atoms with van der Waals surface area (Å²) in [7, 11) is 0. The molecule has 0 heterocycles. The zero-order valence-electron chi connectivity index (χ0n) is 8.72. The summed E-state index contributed by atoms with van der Waals surface area (Å²) in [6, 6.07) is 0. The van der Waals surface area contributed by atoms with Crippen LogP contribution >= 0.6 is 0 Å². The number of rotatable bonds is 3. The molecule has 2 atom stereocenters. The molecule has 1 aliphatic carbocycles. The normalized spacial score (nSPS) is 28.6. The number of carboxylic acids is 2. The van der Waals surface area contributed by atoms with Crippen molar-refractivity contribution < 1.29 is 33.7 Å². The molecule has 0 aromatic carbocycles. The van der Waals surface area contributed by atoms with Gasteiger partial charge in [0.25, 0.3) is 0 Å². The Labute approximate surface area is 94.7 Å². The van der Waals surface area contributed by atoms with E-state index in [0.717, 1.165) is 13.0 Å². The molecule has 0 bridgehead atoms. The number of aliphatic hydroxyl groups excluding tert-OH is 1. The number of aliphatic hydroxyl groups is 1. The Kier molecular flexibility index (Phi) is 3.21. The predicted octanol–water partition coefficient (Wildman–Crippen LogP) is 1.43. The fraction of sp³-hybridized carbons (Fsp3) is 0.400. The van der Waals surface area contributed by atoms with Gasteiger partial charge in [0.05, 0.1) is 16.9 Å². The molecule has 0 radical (unpaired) electrons. The monoisotopic (exact) mass is 248 g/mol. The number of carbonyl (C=O) groups is 2. The van der Waals surface area contributed by atoms with Crippen LogP contribution in [0.4, 0.5) is 8.78 Å². The molecule has 2 unspecified atom stereocenters. The van der Waals surface area contributed by atoms with Crippen LogP contribution in [0.5, 0.6) is 0 Å². The molecule has 0 spiro atoms. The molecule has 0 aromatic heterocycles. The Bertz CT molecular complexity index is 426. The van der Waals surface area contributed by atoms with Crippen LogP contribution in [-0.4, -0.2) is 33.7 Å². The van der Waals surface area contributed by atoms with Crippen molar-refractivity contribution in [2.45, 2.75) is 13.3 Å². The topological polar surface area (TPSA) is 94.8 Å². The van der Waals surface area contributed by atoms with E-state index in [0.29, 0.717) is 6.08 Å². The minimum atomic E-state index is -3.16. The Hall–Kier alpha value is -1.92. The van der Waals surface area contributed by atoms with Crippen LogP contribution in [-0.2, 0) is 9.59 Å². The molecule has 5 nitrogen and oxygen atoms in total. The van der Waals surface area contributed by atoms with Crippen molar-refractivity contribution in [2.24, 2.45) is 11.3 Å². The van der Waals surface area contributed by atoms with Gasteiger partial charge in [0.1, 0.15) is 5.76 Å². The summed E-state index contributed by atoms with van der Waals surface area (Å²) >= 11 is 0. The van der Waals surface area contributed by atoms with E-state index >= 15 is 0 Å². The van der Waals surface area contributed by atoms with Gasteiger partial charge >= 0.3 is 11.9 Å². The molecule has 0 aliphatic heterocycles. The van der Waals surface area contributed by atoms with Crippen molar-refractivity contribution in [1.82, 2.24) is 0 Å². The van der Waals surface area contributed by atoms with Gasteiger partial charge in [-0.05, 0) is 19.1 Å². The van der Waals surface area contributed by atoms with Crippen LogP contribution < -0.4 is 0 Å². The van der Waals surface area contributed by atoms with Crippen LogP contribution in [0.3, 0.4) is 0 Å². The van der Waals surface area contributed by atoms with Gasteiger partial charge in [-0.25, -0.2) is 13.6 Å². The summed E-state index contributed by atoms with van der Waals surface area (Å²) in [6.45, 7) is 0.943. The lowest BCUT2D eigenvalue weighted by atomic mass is 9.70. The second kappa shape index (κ2) is 4.15. The predicted molar refractivity (Wildman–Crippen MR) is 51.7 cm³/mol. The van der Waals surface area contributed by atoms with E-state index < -0.39 is 41.0 Å². The summed E-state index contributed by atoms with van der Waals surface area (Å²) in [6.07, 6.45) is -1.80. The molecule has 0 amide bonds. The summed E-state index contributed by atoms with van der Waals surface area (Å²) in [5.41, 5.74) is -2.97. The first-order valence-corrected chi connectivity index (χ1v) is 4.58. The van der Waals surface area contributed by atoms with E-state index in [-0.39, 0.29) is 0 Å². The fourth-order valence-electron chi connectivity index (χ4n) is 1.80. The molecule has 7 heteroatoms. The standard InChI is InChI=1S/C10H10F2O5/c1-10(9(16)17)3-4(13)2-5(8(14)15)6(10)7(11)12/h2-3,6-7,13H,1H3,(H,14,15)(H,16,17). The van der Waals surface area contributed by atoms with Crippen LogP contribution in [0.1, 0.15) is 6.92 Å². The largest absolute Gasteiger partial charge is 0.508 e. The second-order valence-corrected chi connectivity index (χ2v) is 3.87. The highest BCUT2D eigenvalue weighted by atomic mass is 19.3. The highest BCUT2D eigenvalue weighted by Crippen LogP contribution is 2.43. The third kappa shape index (κ3) is 2.13. The first kappa shape index (κ1) is 13.1. The van der Waals surface area contributed by atoms with Gasteiger partial charge in [-0.3, -0.25) is 4.79 Å². The smallest absolute Gasteiger partial charge is 0.332 e. The number of halogens is 2. The Morgan fingerprint density at radius 3 is 2.29 bits per heavy atom. The van der Waals surface area contributed by atoms with Crippen molar-refractivity contribution in [3.63, 3.8) is 0 Å². The number of alkyl halides is 2. The number of carboxylic acid groups (broad SMARTS) is 2. The molecule has 17 heavy (non-hydrogen) atoms. The van der Waals surface area contributed by atoms with Crippen LogP contribution in [0.25, 0.3) is 0 Å². The lowest BCUT2D eigenvalue weighted by Crippen LogP contribution is -2.42. The molecule has 3 N–H and O–H groups in total. The van der Waals surface area contributed by atoms with E-state index in [2.05, 4.69) is 0 Å². The number of hydrogen-bond donors (Lipinski definition) is 3. The Morgan fingerprint density at radius 2 is 1.94 bits per heavy atom.